The molecule has 0 bridgehead atoms. The zero-order valence-corrected chi connectivity index (χ0v) is 22.6. The maximum Gasteiger partial charge on any atom is 0.266 e. The van der Waals surface area contributed by atoms with Crippen molar-refractivity contribution in [2.24, 2.45) is 0 Å². The van der Waals surface area contributed by atoms with E-state index in [0.717, 1.165) is 20.0 Å². The third-order valence-corrected chi connectivity index (χ3v) is 6.25. The van der Waals surface area contributed by atoms with Gasteiger partial charge in [0.2, 0.25) is 0 Å². The summed E-state index contributed by atoms with van der Waals surface area (Å²) in [6.45, 7) is 4.81. The van der Waals surface area contributed by atoms with Crippen molar-refractivity contribution in [3.63, 3.8) is 0 Å². The molecule has 174 valence electrons. The molecule has 0 saturated carbocycles. The molecule has 0 atom stereocenters. The monoisotopic (exact) mass is 630 g/mol. The van der Waals surface area contributed by atoms with Gasteiger partial charge in [0.1, 0.15) is 18.2 Å². The minimum atomic E-state index is -0.463. The molecule has 0 aromatic heterocycles. The van der Waals surface area contributed by atoms with E-state index >= 15 is 0 Å². The van der Waals surface area contributed by atoms with E-state index in [-0.39, 0.29) is 5.57 Å². The van der Waals surface area contributed by atoms with Crippen molar-refractivity contribution in [2.45, 2.75) is 26.9 Å². The van der Waals surface area contributed by atoms with Gasteiger partial charge in [-0.25, -0.2) is 0 Å². The molecule has 3 aromatic rings. The van der Waals surface area contributed by atoms with Crippen LogP contribution >= 0.6 is 38.5 Å². The molecule has 7 heteroatoms. The lowest BCUT2D eigenvalue weighted by molar-refractivity contribution is -0.112. The summed E-state index contributed by atoms with van der Waals surface area (Å²) in [6, 6.07) is 21.1. The standard InChI is InChI=1S/C27H24BrIN2O3/c1-3-18-7-11-23(12-8-18)31-27(32)21(16-30)13-20-14-24(29)26(25(15-20)33-4-2)34-17-19-5-9-22(28)10-6-19/h5-15H,3-4,17H2,1-2H3,(H,31,32)/b21-13-. The van der Waals surface area contributed by atoms with E-state index in [0.29, 0.717) is 36.0 Å². The van der Waals surface area contributed by atoms with E-state index in [1.165, 1.54) is 5.56 Å². The normalized spacial score (nSPS) is 11.0. The van der Waals surface area contributed by atoms with E-state index in [1.54, 1.807) is 12.1 Å². The van der Waals surface area contributed by atoms with Crippen LogP contribution in [0.15, 0.2) is 70.7 Å². The van der Waals surface area contributed by atoms with Crippen molar-refractivity contribution in [3.8, 4) is 17.6 Å². The van der Waals surface area contributed by atoms with E-state index in [2.05, 4.69) is 50.8 Å². The zero-order valence-electron chi connectivity index (χ0n) is 18.9. The van der Waals surface area contributed by atoms with Gasteiger partial charge < -0.3 is 14.8 Å². The molecule has 5 nitrogen and oxygen atoms in total. The number of carbonyl (C=O) groups excluding carboxylic acids is 1. The first-order valence-corrected chi connectivity index (χ1v) is 12.7. The van der Waals surface area contributed by atoms with Crippen LogP contribution in [0, 0.1) is 14.9 Å². The first kappa shape index (κ1) is 25.8. The van der Waals surface area contributed by atoms with Gasteiger partial charge in [0.05, 0.1) is 10.2 Å². The maximum atomic E-state index is 12.7. The molecule has 3 rings (SSSR count). The molecule has 0 aliphatic carbocycles. The molecule has 34 heavy (non-hydrogen) atoms. The molecule has 0 unspecified atom stereocenters. The fraction of sp³-hybridized carbons (Fsp3) is 0.185. The Kier molecular flexibility index (Phi) is 9.54. The average Bonchev–Trinajstić information content (AvgIpc) is 2.83. The summed E-state index contributed by atoms with van der Waals surface area (Å²) in [7, 11) is 0. The van der Waals surface area contributed by atoms with Crippen LogP contribution in [0.3, 0.4) is 0 Å². The number of hydrogen-bond donors (Lipinski definition) is 1. The first-order chi connectivity index (χ1) is 16.4. The molecule has 0 radical (unpaired) electrons. The Morgan fingerprint density at radius 2 is 1.74 bits per heavy atom. The van der Waals surface area contributed by atoms with Gasteiger partial charge in [0.25, 0.3) is 5.91 Å². The smallest absolute Gasteiger partial charge is 0.266 e. The van der Waals surface area contributed by atoms with Gasteiger partial charge in [-0.1, -0.05) is 47.1 Å². The third kappa shape index (κ3) is 7.08. The first-order valence-electron chi connectivity index (χ1n) is 10.8. The Bertz CT molecular complexity index is 1220. The largest absolute Gasteiger partial charge is 0.490 e. The Labute approximate surface area is 222 Å². The molecular weight excluding hydrogens is 607 g/mol. The van der Waals surface area contributed by atoms with Crippen LogP contribution in [-0.2, 0) is 17.8 Å². The van der Waals surface area contributed by atoms with Crippen molar-refractivity contribution in [2.75, 3.05) is 11.9 Å². The predicted molar refractivity (Wildman–Crippen MR) is 147 cm³/mol. The predicted octanol–water partition coefficient (Wildman–Crippen LogP) is 7.14. The van der Waals surface area contributed by atoms with E-state index in [4.69, 9.17) is 9.47 Å². The number of nitrogens with one attached hydrogen (secondary N) is 1. The number of nitrogens with zero attached hydrogens (tertiary/aromatic N) is 1. The topological polar surface area (TPSA) is 71.3 Å². The molecule has 0 aliphatic heterocycles. The van der Waals surface area contributed by atoms with Crippen molar-refractivity contribution >= 4 is 56.2 Å². The number of ether oxygens (including phenoxy) is 2. The summed E-state index contributed by atoms with van der Waals surface area (Å²) in [5.74, 6) is 0.724. The highest BCUT2D eigenvalue weighted by Gasteiger charge is 2.15. The SMILES string of the molecule is CCOc1cc(/C=C(/C#N)C(=O)Nc2ccc(CC)cc2)cc(I)c1OCc1ccc(Br)cc1. The molecule has 3 aromatic carbocycles. The molecule has 0 heterocycles. The minimum absolute atomic E-state index is 0.00125. The zero-order chi connectivity index (χ0) is 24.5. The molecule has 0 aliphatic rings. The lowest BCUT2D eigenvalue weighted by Crippen LogP contribution is -2.13. The van der Waals surface area contributed by atoms with Crippen LogP contribution in [0.2, 0.25) is 0 Å². The van der Waals surface area contributed by atoms with Crippen LogP contribution in [0.5, 0.6) is 11.5 Å². The Morgan fingerprint density at radius 1 is 1.06 bits per heavy atom. The van der Waals surface area contributed by atoms with Gasteiger partial charge in [0.15, 0.2) is 11.5 Å². The number of aryl methyl sites for hydroxylation is 1. The Morgan fingerprint density at radius 3 is 2.35 bits per heavy atom. The average molecular weight is 631 g/mol. The van der Waals surface area contributed by atoms with Crippen molar-refractivity contribution < 1.29 is 14.3 Å². The lowest BCUT2D eigenvalue weighted by atomic mass is 10.1. The maximum absolute atomic E-state index is 12.7. The minimum Gasteiger partial charge on any atom is -0.490 e. The summed E-state index contributed by atoms with van der Waals surface area (Å²) >= 11 is 5.61. The highest BCUT2D eigenvalue weighted by Crippen LogP contribution is 2.35. The van der Waals surface area contributed by atoms with Crippen molar-refractivity contribution in [1.82, 2.24) is 0 Å². The molecule has 1 amide bonds. The Hall–Kier alpha value is -2.83. The number of hydrogen-bond acceptors (Lipinski definition) is 4. The highest BCUT2D eigenvalue weighted by atomic mass is 127. The van der Waals surface area contributed by atoms with Gasteiger partial charge >= 0.3 is 0 Å². The Balaban J connectivity index is 1.81. The lowest BCUT2D eigenvalue weighted by Gasteiger charge is -2.15. The van der Waals surface area contributed by atoms with Crippen LogP contribution in [-0.4, -0.2) is 12.5 Å². The van der Waals surface area contributed by atoms with E-state index in [9.17, 15) is 10.1 Å². The summed E-state index contributed by atoms with van der Waals surface area (Å²) < 4.78 is 13.7. The third-order valence-electron chi connectivity index (χ3n) is 4.92. The van der Waals surface area contributed by atoms with Crippen molar-refractivity contribution in [3.05, 3.63) is 91.0 Å². The van der Waals surface area contributed by atoms with Gasteiger partial charge in [0, 0.05) is 10.2 Å². The van der Waals surface area contributed by atoms with Gasteiger partial charge in [-0.3, -0.25) is 4.79 Å². The number of amides is 1. The van der Waals surface area contributed by atoms with E-state index < -0.39 is 5.91 Å². The second-order valence-corrected chi connectivity index (χ2v) is 9.43. The number of carbonyl (C=O) groups is 1. The molecule has 0 saturated heterocycles. The number of rotatable bonds is 9. The van der Waals surface area contributed by atoms with Gasteiger partial charge in [-0.05, 0) is 95.1 Å². The van der Waals surface area contributed by atoms with Crippen LogP contribution in [0.1, 0.15) is 30.5 Å². The summed E-state index contributed by atoms with van der Waals surface area (Å²) in [6.07, 6.45) is 2.47. The fourth-order valence-electron chi connectivity index (χ4n) is 3.15. The molecular formula is C27H24BrIN2O3. The molecule has 0 fully saturated rings. The second kappa shape index (κ2) is 12.6. The number of benzene rings is 3. The van der Waals surface area contributed by atoms with Gasteiger partial charge in [-0.15, -0.1) is 0 Å². The van der Waals surface area contributed by atoms with Crippen LogP contribution in [0.25, 0.3) is 6.08 Å². The number of nitriles is 1. The molecule has 0 spiro atoms. The number of halogens is 2. The fourth-order valence-corrected chi connectivity index (χ4v) is 4.19. The summed E-state index contributed by atoms with van der Waals surface area (Å²) in [5, 5.41) is 12.4. The quantitative estimate of drug-likeness (QED) is 0.155. The van der Waals surface area contributed by atoms with Gasteiger partial charge in [-0.2, -0.15) is 5.26 Å². The van der Waals surface area contributed by atoms with E-state index in [1.807, 2.05) is 67.6 Å². The van der Waals surface area contributed by atoms with Crippen LogP contribution < -0.4 is 14.8 Å². The highest BCUT2D eigenvalue weighted by molar-refractivity contribution is 14.1. The number of anilines is 1. The molecule has 1 N–H and O–H groups in total. The van der Waals surface area contributed by atoms with Crippen LogP contribution in [0.4, 0.5) is 5.69 Å². The van der Waals surface area contributed by atoms with Crippen molar-refractivity contribution in [1.29, 1.82) is 5.26 Å². The summed E-state index contributed by atoms with van der Waals surface area (Å²) in [4.78, 5) is 12.7. The second-order valence-electron chi connectivity index (χ2n) is 7.35. The summed E-state index contributed by atoms with van der Waals surface area (Å²) in [5.41, 5.74) is 3.53.